The second kappa shape index (κ2) is 4.85. The maximum Gasteiger partial charge on any atom is 0.135 e. The van der Waals surface area contributed by atoms with Gasteiger partial charge in [-0.3, -0.25) is 0 Å². The minimum atomic E-state index is 1.14. The summed E-state index contributed by atoms with van der Waals surface area (Å²) in [7, 11) is 2.04. The molecule has 0 bridgehead atoms. The molecule has 72 valence electrons. The Hall–Kier alpha value is -1.05. The molecule has 1 aromatic rings. The quantitative estimate of drug-likeness (QED) is 0.646. The van der Waals surface area contributed by atoms with Crippen LogP contribution in [0.1, 0.15) is 38.9 Å². The maximum absolute atomic E-state index is 4.29. The number of hydrogen-bond donors (Lipinski definition) is 0. The largest absolute Gasteiger partial charge is 0.334 e. The van der Waals surface area contributed by atoms with Crippen LogP contribution in [0.25, 0.3) is 5.57 Å². The normalized spacial score (nSPS) is 14.8. The zero-order valence-corrected chi connectivity index (χ0v) is 8.75. The number of nitrogens with zero attached hydrogens (tertiary/aromatic N) is 2. The molecule has 0 spiro atoms. The van der Waals surface area contributed by atoms with E-state index in [0.29, 0.717) is 0 Å². The Balaban J connectivity index is 0.000000396. The Labute approximate surface area is 80.3 Å². The zero-order valence-electron chi connectivity index (χ0n) is 8.75. The molecule has 2 nitrogen and oxygen atoms in total. The third-order valence-electron chi connectivity index (χ3n) is 2.15. The van der Waals surface area contributed by atoms with Gasteiger partial charge in [0.2, 0.25) is 0 Å². The lowest BCUT2D eigenvalue weighted by Gasteiger charge is -2.00. The lowest BCUT2D eigenvalue weighted by atomic mass is 10.2. The Bertz CT molecular complexity index is 284. The van der Waals surface area contributed by atoms with Crippen LogP contribution in [0, 0.1) is 0 Å². The van der Waals surface area contributed by atoms with Gasteiger partial charge in [0.15, 0.2) is 0 Å². The highest BCUT2D eigenvalue weighted by Gasteiger charge is 2.09. The highest BCUT2D eigenvalue weighted by Crippen LogP contribution is 2.25. The van der Waals surface area contributed by atoms with Gasteiger partial charge in [-0.1, -0.05) is 19.9 Å². The molecule has 1 aromatic heterocycles. The molecule has 0 fully saturated rings. The van der Waals surface area contributed by atoms with Gasteiger partial charge in [0.25, 0.3) is 0 Å². The lowest BCUT2D eigenvalue weighted by Crippen LogP contribution is -1.93. The van der Waals surface area contributed by atoms with Crippen molar-refractivity contribution in [2.75, 3.05) is 0 Å². The molecule has 0 radical (unpaired) electrons. The van der Waals surface area contributed by atoms with Gasteiger partial charge < -0.3 is 4.57 Å². The van der Waals surface area contributed by atoms with Crippen molar-refractivity contribution in [3.8, 4) is 0 Å². The van der Waals surface area contributed by atoms with Crippen molar-refractivity contribution in [2.24, 2.45) is 7.05 Å². The molecule has 2 rings (SSSR count). The number of aromatic nitrogens is 2. The molecule has 1 aliphatic carbocycles. The van der Waals surface area contributed by atoms with Crippen LogP contribution in [0.3, 0.4) is 0 Å². The van der Waals surface area contributed by atoms with E-state index < -0.39 is 0 Å². The second-order valence-corrected chi connectivity index (χ2v) is 2.98. The number of hydrogen-bond acceptors (Lipinski definition) is 1. The van der Waals surface area contributed by atoms with Crippen LogP contribution in [0.5, 0.6) is 0 Å². The molecule has 2 heteroatoms. The van der Waals surface area contributed by atoms with E-state index in [1.54, 1.807) is 0 Å². The molecule has 0 aliphatic heterocycles. The van der Waals surface area contributed by atoms with Crippen molar-refractivity contribution >= 4 is 5.57 Å². The Morgan fingerprint density at radius 2 is 2.15 bits per heavy atom. The molecule has 1 heterocycles. The monoisotopic (exact) mass is 178 g/mol. The summed E-state index contributed by atoms with van der Waals surface area (Å²) in [5, 5.41) is 0. The summed E-state index contributed by atoms with van der Waals surface area (Å²) in [6.07, 6.45) is 9.86. The summed E-state index contributed by atoms with van der Waals surface area (Å²) in [4.78, 5) is 4.29. The van der Waals surface area contributed by atoms with Crippen LogP contribution >= 0.6 is 0 Å². The fourth-order valence-electron chi connectivity index (χ4n) is 1.55. The summed E-state index contributed by atoms with van der Waals surface area (Å²) in [6, 6.07) is 0. The highest BCUT2D eigenvalue weighted by molar-refractivity contribution is 5.61. The van der Waals surface area contributed by atoms with E-state index in [2.05, 4.69) is 15.6 Å². The van der Waals surface area contributed by atoms with Gasteiger partial charge in [-0.2, -0.15) is 0 Å². The van der Waals surface area contributed by atoms with Crippen molar-refractivity contribution < 1.29 is 0 Å². The van der Waals surface area contributed by atoms with E-state index >= 15 is 0 Å². The van der Waals surface area contributed by atoms with Crippen LogP contribution in [-0.2, 0) is 7.05 Å². The molecule has 0 saturated carbocycles. The van der Waals surface area contributed by atoms with Gasteiger partial charge in [0, 0.05) is 19.4 Å². The minimum absolute atomic E-state index is 1.14. The summed E-state index contributed by atoms with van der Waals surface area (Å²) >= 11 is 0. The van der Waals surface area contributed by atoms with Crippen LogP contribution < -0.4 is 0 Å². The van der Waals surface area contributed by atoms with Crippen molar-refractivity contribution in [3.05, 3.63) is 24.3 Å². The van der Waals surface area contributed by atoms with Crippen LogP contribution in [0.15, 0.2) is 18.5 Å². The van der Waals surface area contributed by atoms with Gasteiger partial charge in [-0.15, -0.1) is 0 Å². The van der Waals surface area contributed by atoms with E-state index in [4.69, 9.17) is 0 Å². The number of allylic oxidation sites excluding steroid dienone is 2. The number of rotatable bonds is 1. The summed E-state index contributed by atoms with van der Waals surface area (Å²) in [5.41, 5.74) is 1.41. The van der Waals surface area contributed by atoms with E-state index in [9.17, 15) is 0 Å². The van der Waals surface area contributed by atoms with Gasteiger partial charge in [0.05, 0.1) is 0 Å². The Morgan fingerprint density at radius 3 is 2.62 bits per heavy atom. The summed E-state index contributed by atoms with van der Waals surface area (Å²) < 4.78 is 2.08. The lowest BCUT2D eigenvalue weighted by molar-refractivity contribution is 0.870. The fraction of sp³-hybridized carbons (Fsp3) is 0.545. The molecular formula is C11H18N2. The smallest absolute Gasteiger partial charge is 0.135 e. The molecule has 0 amide bonds. The molecule has 0 N–H and O–H groups in total. The minimum Gasteiger partial charge on any atom is -0.334 e. The van der Waals surface area contributed by atoms with Crippen molar-refractivity contribution in [1.82, 2.24) is 9.55 Å². The Kier molecular flexibility index (Phi) is 3.74. The molecular weight excluding hydrogens is 160 g/mol. The molecule has 0 unspecified atom stereocenters. The van der Waals surface area contributed by atoms with E-state index in [-0.39, 0.29) is 0 Å². The molecule has 0 saturated heterocycles. The number of imidazole rings is 1. The van der Waals surface area contributed by atoms with E-state index in [1.165, 1.54) is 24.8 Å². The zero-order chi connectivity index (χ0) is 9.68. The van der Waals surface area contributed by atoms with Gasteiger partial charge >= 0.3 is 0 Å². The first kappa shape index (κ1) is 10.0. The first-order valence-corrected chi connectivity index (χ1v) is 5.04. The predicted molar refractivity (Wildman–Crippen MR) is 56.4 cm³/mol. The van der Waals surface area contributed by atoms with Crippen molar-refractivity contribution in [3.63, 3.8) is 0 Å². The average molecular weight is 178 g/mol. The van der Waals surface area contributed by atoms with Gasteiger partial charge in [-0.25, -0.2) is 4.98 Å². The predicted octanol–water partition coefficient (Wildman–Crippen LogP) is 3.01. The maximum atomic E-state index is 4.29. The van der Waals surface area contributed by atoms with Crippen molar-refractivity contribution in [2.45, 2.75) is 33.1 Å². The van der Waals surface area contributed by atoms with Crippen LogP contribution in [0.4, 0.5) is 0 Å². The van der Waals surface area contributed by atoms with Crippen LogP contribution in [0.2, 0.25) is 0 Å². The summed E-state index contributed by atoms with van der Waals surface area (Å²) in [6.45, 7) is 4.00. The van der Waals surface area contributed by atoms with Gasteiger partial charge in [-0.05, 0) is 24.8 Å². The first-order valence-electron chi connectivity index (χ1n) is 5.04. The van der Waals surface area contributed by atoms with Crippen molar-refractivity contribution in [1.29, 1.82) is 0 Å². The second-order valence-electron chi connectivity index (χ2n) is 2.98. The van der Waals surface area contributed by atoms with E-state index in [0.717, 1.165) is 5.82 Å². The third-order valence-corrected chi connectivity index (χ3v) is 2.15. The Morgan fingerprint density at radius 1 is 1.38 bits per heavy atom. The molecule has 13 heavy (non-hydrogen) atoms. The number of aryl methyl sites for hydroxylation is 1. The molecule has 0 atom stereocenters. The first-order chi connectivity index (χ1) is 6.38. The average Bonchev–Trinajstić information content (AvgIpc) is 2.77. The standard InChI is InChI=1S/C9H12N2.C2H6/c1-11-7-6-10-9(11)8-4-2-3-5-8;1-2/h4,6-7H,2-3,5H2,1H3;1-2H3. The van der Waals surface area contributed by atoms with Crippen LogP contribution in [-0.4, -0.2) is 9.55 Å². The molecule has 1 aliphatic rings. The van der Waals surface area contributed by atoms with Gasteiger partial charge in [0.1, 0.15) is 5.82 Å². The molecule has 0 aromatic carbocycles. The fourth-order valence-corrected chi connectivity index (χ4v) is 1.55. The summed E-state index contributed by atoms with van der Waals surface area (Å²) in [5.74, 6) is 1.14. The SMILES string of the molecule is CC.Cn1ccnc1C1=CCCC1. The topological polar surface area (TPSA) is 17.8 Å². The highest BCUT2D eigenvalue weighted by atomic mass is 15.0. The van der Waals surface area contributed by atoms with E-state index in [1.807, 2.05) is 33.3 Å². The third kappa shape index (κ3) is 2.20.